The van der Waals surface area contributed by atoms with E-state index in [2.05, 4.69) is 38.4 Å². The minimum absolute atomic E-state index is 0.0925. The monoisotopic (exact) mass is 505 g/mol. The summed E-state index contributed by atoms with van der Waals surface area (Å²) in [5.74, 6) is -0.769. The maximum absolute atomic E-state index is 13.4. The fraction of sp³-hybridized carbons (Fsp3) is 0.280. The standard InChI is InChI=1S/C25H20BrN3O4/c26-20-8-7-19(33-20)18(29-24(31)22-14-3-4-15(10-14)23(22)25(29)32)12-21(30)28-16-5-6-17-13(11-16)2-1-9-27-17/h1-9,11,14-15,18,22-23H,10,12H2,(H,28,30). The Morgan fingerprint density at radius 2 is 1.88 bits per heavy atom. The summed E-state index contributed by atoms with van der Waals surface area (Å²) in [5.41, 5.74) is 1.45. The van der Waals surface area contributed by atoms with Crippen LogP contribution < -0.4 is 5.32 Å². The Hall–Kier alpha value is -3.26. The molecule has 1 aromatic carbocycles. The Kier molecular flexibility index (Phi) is 4.72. The summed E-state index contributed by atoms with van der Waals surface area (Å²) in [7, 11) is 0. The molecule has 1 aliphatic heterocycles. The minimum Gasteiger partial charge on any atom is -0.452 e. The van der Waals surface area contributed by atoms with Gasteiger partial charge in [-0.3, -0.25) is 24.3 Å². The van der Waals surface area contributed by atoms with Gasteiger partial charge in [0.1, 0.15) is 11.8 Å². The molecule has 3 aromatic rings. The van der Waals surface area contributed by atoms with E-state index in [-0.39, 0.29) is 47.8 Å². The maximum atomic E-state index is 13.4. The first-order chi connectivity index (χ1) is 16.0. The molecule has 3 heterocycles. The van der Waals surface area contributed by atoms with Gasteiger partial charge in [-0.2, -0.15) is 0 Å². The van der Waals surface area contributed by atoms with Crippen molar-refractivity contribution in [1.82, 2.24) is 9.88 Å². The second kappa shape index (κ2) is 7.66. The highest BCUT2D eigenvalue weighted by molar-refractivity contribution is 9.10. The molecule has 7 nitrogen and oxygen atoms in total. The molecule has 166 valence electrons. The van der Waals surface area contributed by atoms with Crippen molar-refractivity contribution in [1.29, 1.82) is 0 Å². The lowest BCUT2D eigenvalue weighted by molar-refractivity contribution is -0.144. The van der Waals surface area contributed by atoms with Gasteiger partial charge in [0.2, 0.25) is 17.7 Å². The van der Waals surface area contributed by atoms with E-state index >= 15 is 0 Å². The van der Waals surface area contributed by atoms with Gasteiger partial charge in [0.15, 0.2) is 4.67 Å². The highest BCUT2D eigenvalue weighted by Gasteiger charge is 2.60. The van der Waals surface area contributed by atoms with E-state index in [0.29, 0.717) is 16.1 Å². The number of nitrogens with one attached hydrogen (secondary N) is 1. The predicted molar refractivity (Wildman–Crippen MR) is 124 cm³/mol. The number of fused-ring (bicyclic) bond motifs is 6. The fourth-order valence-electron chi connectivity index (χ4n) is 5.60. The zero-order valence-electron chi connectivity index (χ0n) is 17.5. The number of amides is 3. The zero-order chi connectivity index (χ0) is 22.7. The van der Waals surface area contributed by atoms with E-state index in [9.17, 15) is 14.4 Å². The van der Waals surface area contributed by atoms with Crippen LogP contribution in [-0.2, 0) is 14.4 Å². The predicted octanol–water partition coefficient (Wildman–Crippen LogP) is 4.47. The second-order valence-electron chi connectivity index (χ2n) is 8.87. The Balaban J connectivity index is 1.28. The van der Waals surface area contributed by atoms with Crippen LogP contribution in [0.5, 0.6) is 0 Å². The first kappa shape index (κ1) is 20.4. The van der Waals surface area contributed by atoms with Crippen LogP contribution in [0.15, 0.2) is 69.9 Å². The number of imide groups is 1. The van der Waals surface area contributed by atoms with Gasteiger partial charge in [0, 0.05) is 17.3 Å². The second-order valence-corrected chi connectivity index (χ2v) is 9.65. The molecule has 2 aromatic heterocycles. The molecule has 5 unspecified atom stereocenters. The van der Waals surface area contributed by atoms with Crippen molar-refractivity contribution >= 4 is 50.2 Å². The van der Waals surface area contributed by atoms with Crippen molar-refractivity contribution in [3.8, 4) is 0 Å². The Morgan fingerprint density at radius 3 is 2.58 bits per heavy atom. The van der Waals surface area contributed by atoms with Crippen molar-refractivity contribution < 1.29 is 18.8 Å². The number of allylic oxidation sites excluding steroid dienone is 2. The van der Waals surface area contributed by atoms with Crippen molar-refractivity contribution in [3.05, 3.63) is 71.2 Å². The first-order valence-electron chi connectivity index (χ1n) is 10.9. The summed E-state index contributed by atoms with van der Waals surface area (Å²) in [6, 6.07) is 11.8. The molecular weight excluding hydrogens is 486 g/mol. The quantitative estimate of drug-likeness (QED) is 0.408. The third-order valence-electron chi connectivity index (χ3n) is 7.00. The molecule has 1 saturated heterocycles. The fourth-order valence-corrected chi connectivity index (χ4v) is 5.92. The molecule has 6 rings (SSSR count). The van der Waals surface area contributed by atoms with E-state index in [0.717, 1.165) is 17.3 Å². The molecule has 1 saturated carbocycles. The smallest absolute Gasteiger partial charge is 0.234 e. The molecule has 33 heavy (non-hydrogen) atoms. The van der Waals surface area contributed by atoms with Gasteiger partial charge in [0.05, 0.1) is 23.8 Å². The van der Waals surface area contributed by atoms with Crippen LogP contribution in [0, 0.1) is 23.7 Å². The average molecular weight is 506 g/mol. The van der Waals surface area contributed by atoms with Gasteiger partial charge in [0.25, 0.3) is 0 Å². The molecule has 2 aliphatic carbocycles. The van der Waals surface area contributed by atoms with Gasteiger partial charge in [-0.15, -0.1) is 0 Å². The molecule has 3 aliphatic rings. The van der Waals surface area contributed by atoms with Crippen LogP contribution in [-0.4, -0.2) is 27.6 Å². The largest absolute Gasteiger partial charge is 0.452 e. The first-order valence-corrected chi connectivity index (χ1v) is 11.7. The number of likely N-dealkylation sites (tertiary alicyclic amines) is 1. The normalized spacial score (nSPS) is 26.3. The van der Waals surface area contributed by atoms with Crippen molar-refractivity contribution in [3.63, 3.8) is 0 Å². The van der Waals surface area contributed by atoms with E-state index < -0.39 is 6.04 Å². The number of carbonyl (C=O) groups is 3. The number of furan rings is 1. The summed E-state index contributed by atoms with van der Waals surface area (Å²) >= 11 is 3.29. The lowest BCUT2D eigenvalue weighted by Gasteiger charge is -2.26. The van der Waals surface area contributed by atoms with Crippen LogP contribution in [0.4, 0.5) is 5.69 Å². The van der Waals surface area contributed by atoms with E-state index in [4.69, 9.17) is 4.42 Å². The lowest BCUT2D eigenvalue weighted by atomic mass is 9.85. The Bertz CT molecular complexity index is 1300. The van der Waals surface area contributed by atoms with Gasteiger partial charge >= 0.3 is 0 Å². The number of benzene rings is 1. The molecule has 5 atom stereocenters. The number of pyridine rings is 1. The molecule has 2 fully saturated rings. The van der Waals surface area contributed by atoms with Crippen LogP contribution in [0.3, 0.4) is 0 Å². The molecular formula is C25H20BrN3O4. The third kappa shape index (κ3) is 3.31. The highest BCUT2D eigenvalue weighted by Crippen LogP contribution is 2.54. The summed E-state index contributed by atoms with van der Waals surface area (Å²) in [6.07, 6.45) is 6.59. The van der Waals surface area contributed by atoms with Crippen molar-refractivity contribution in [2.24, 2.45) is 23.7 Å². The number of hydrogen-bond acceptors (Lipinski definition) is 5. The van der Waals surface area contributed by atoms with Gasteiger partial charge in [-0.1, -0.05) is 18.2 Å². The van der Waals surface area contributed by atoms with Gasteiger partial charge in [-0.25, -0.2) is 0 Å². The van der Waals surface area contributed by atoms with E-state index in [1.54, 1.807) is 24.4 Å². The average Bonchev–Trinajstić information content (AvgIpc) is 3.57. The number of rotatable bonds is 5. The molecule has 1 N–H and O–H groups in total. The number of halogens is 1. The van der Waals surface area contributed by atoms with E-state index in [1.807, 2.05) is 24.3 Å². The summed E-state index contributed by atoms with van der Waals surface area (Å²) < 4.78 is 6.20. The summed E-state index contributed by atoms with van der Waals surface area (Å²) in [5, 5.41) is 3.80. The molecule has 8 heteroatoms. The molecule has 0 radical (unpaired) electrons. The minimum atomic E-state index is -0.802. The number of anilines is 1. The number of hydrogen-bond donors (Lipinski definition) is 1. The van der Waals surface area contributed by atoms with Crippen LogP contribution in [0.2, 0.25) is 0 Å². The topological polar surface area (TPSA) is 92.5 Å². The SMILES string of the molecule is O=C(CC(c1ccc(Br)o1)N1C(=O)C2C3C=CC(C3)C2C1=O)Nc1ccc2ncccc2c1. The molecule has 3 amide bonds. The van der Waals surface area contributed by atoms with Crippen LogP contribution in [0.25, 0.3) is 10.9 Å². The van der Waals surface area contributed by atoms with Gasteiger partial charge < -0.3 is 9.73 Å². The molecule has 0 spiro atoms. The van der Waals surface area contributed by atoms with Gasteiger partial charge in [-0.05, 0) is 70.6 Å². The zero-order valence-corrected chi connectivity index (χ0v) is 19.1. The maximum Gasteiger partial charge on any atom is 0.234 e. The summed E-state index contributed by atoms with van der Waals surface area (Å²) in [6.45, 7) is 0. The van der Waals surface area contributed by atoms with Crippen molar-refractivity contribution in [2.45, 2.75) is 18.9 Å². The third-order valence-corrected chi connectivity index (χ3v) is 7.43. The summed E-state index contributed by atoms with van der Waals surface area (Å²) in [4.78, 5) is 45.4. The Labute approximate surface area is 198 Å². The highest BCUT2D eigenvalue weighted by atomic mass is 79.9. The van der Waals surface area contributed by atoms with E-state index in [1.165, 1.54) is 4.90 Å². The number of carbonyl (C=O) groups excluding carboxylic acids is 3. The number of aromatic nitrogens is 1. The van der Waals surface area contributed by atoms with Crippen LogP contribution in [0.1, 0.15) is 24.6 Å². The number of nitrogens with zero attached hydrogens (tertiary/aromatic N) is 2. The van der Waals surface area contributed by atoms with Crippen molar-refractivity contribution in [2.75, 3.05) is 5.32 Å². The van der Waals surface area contributed by atoms with Crippen LogP contribution >= 0.6 is 15.9 Å². The molecule has 2 bridgehead atoms. The Morgan fingerprint density at radius 1 is 1.12 bits per heavy atom. The lowest BCUT2D eigenvalue weighted by Crippen LogP contribution is -2.38.